The molecular formula is C20H26N2O2. The van der Waals surface area contributed by atoms with E-state index < -0.39 is 5.97 Å². The van der Waals surface area contributed by atoms with Crippen molar-refractivity contribution in [1.29, 1.82) is 0 Å². The molecule has 1 aromatic carbocycles. The van der Waals surface area contributed by atoms with Gasteiger partial charge in [0.2, 0.25) is 0 Å². The van der Waals surface area contributed by atoms with Crippen molar-refractivity contribution in [3.05, 3.63) is 47.2 Å². The first-order valence-corrected chi connectivity index (χ1v) is 8.54. The van der Waals surface area contributed by atoms with Gasteiger partial charge in [-0.05, 0) is 38.3 Å². The lowest BCUT2D eigenvalue weighted by molar-refractivity contribution is 0.0698. The van der Waals surface area contributed by atoms with E-state index in [0.717, 1.165) is 48.3 Å². The molecule has 4 heteroatoms. The maximum Gasteiger partial charge on any atom is 0.340 e. The predicted molar refractivity (Wildman–Crippen MR) is 98.9 cm³/mol. The number of carboxylic acids is 1. The van der Waals surface area contributed by atoms with Crippen LogP contribution in [0.1, 0.15) is 48.3 Å². The number of benzene rings is 1. The molecule has 1 aromatic heterocycles. The number of carbonyl (C=O) groups is 1. The minimum Gasteiger partial charge on any atom is -0.478 e. The minimum atomic E-state index is -0.925. The minimum absolute atomic E-state index is 0.299. The lowest BCUT2D eigenvalue weighted by atomic mass is 9.98. The number of hydrogen-bond acceptors (Lipinski definition) is 3. The number of pyridine rings is 1. The highest BCUT2D eigenvalue weighted by Crippen LogP contribution is 2.32. The lowest BCUT2D eigenvalue weighted by Crippen LogP contribution is -2.28. The lowest BCUT2D eigenvalue weighted by Gasteiger charge is -2.26. The Morgan fingerprint density at radius 2 is 1.79 bits per heavy atom. The van der Waals surface area contributed by atoms with Crippen LogP contribution in [0.25, 0.3) is 11.1 Å². The van der Waals surface area contributed by atoms with Crippen LogP contribution in [0.2, 0.25) is 0 Å². The fraction of sp³-hybridized carbons (Fsp3) is 0.400. The first-order chi connectivity index (χ1) is 11.5. The zero-order valence-electron chi connectivity index (χ0n) is 15.0. The maximum atomic E-state index is 12.1. The highest BCUT2D eigenvalue weighted by molar-refractivity contribution is 6.01. The Balaban J connectivity index is 2.69. The number of rotatable bonds is 7. The molecule has 1 N–H and O–H groups in total. The smallest absolute Gasteiger partial charge is 0.340 e. The molecule has 0 radical (unpaired) electrons. The number of carboxylic acid groups (broad SMARTS) is 1. The molecule has 128 valence electrons. The molecule has 0 fully saturated rings. The molecule has 2 aromatic rings. The normalized spacial score (nSPS) is 10.7. The van der Waals surface area contributed by atoms with E-state index in [0.29, 0.717) is 11.4 Å². The zero-order valence-corrected chi connectivity index (χ0v) is 15.0. The Hall–Kier alpha value is -2.36. The van der Waals surface area contributed by atoms with Crippen molar-refractivity contribution in [1.82, 2.24) is 4.98 Å². The molecule has 4 nitrogen and oxygen atoms in total. The Morgan fingerprint density at radius 3 is 2.33 bits per heavy atom. The van der Waals surface area contributed by atoms with Crippen LogP contribution < -0.4 is 4.90 Å². The van der Waals surface area contributed by atoms with Gasteiger partial charge in [0.1, 0.15) is 11.4 Å². The summed E-state index contributed by atoms with van der Waals surface area (Å²) in [6, 6.07) is 9.83. The Kier molecular flexibility index (Phi) is 5.96. The predicted octanol–water partition coefficient (Wildman–Crippen LogP) is 4.69. The highest BCUT2D eigenvalue weighted by Gasteiger charge is 2.22. The van der Waals surface area contributed by atoms with Crippen LogP contribution >= 0.6 is 0 Å². The van der Waals surface area contributed by atoms with E-state index in [2.05, 4.69) is 23.7 Å². The molecule has 0 spiro atoms. The number of aromatic nitrogens is 1. The van der Waals surface area contributed by atoms with Gasteiger partial charge in [0, 0.05) is 24.3 Å². The summed E-state index contributed by atoms with van der Waals surface area (Å²) in [5, 5.41) is 9.89. The second kappa shape index (κ2) is 7.95. The standard InChI is InChI=1S/C20H26N2O2/c1-5-10-22(11-6-2)19-18(20(23)24)17(13-15(4)21-19)16-9-7-8-14(3)12-16/h7-9,12-13H,5-6,10-11H2,1-4H3,(H,23,24). The second-order valence-electron chi connectivity index (χ2n) is 6.17. The molecule has 0 saturated carbocycles. The summed E-state index contributed by atoms with van der Waals surface area (Å²) in [4.78, 5) is 18.7. The van der Waals surface area contributed by atoms with Crippen molar-refractivity contribution in [3.63, 3.8) is 0 Å². The zero-order chi connectivity index (χ0) is 17.7. The van der Waals surface area contributed by atoms with Crippen LogP contribution in [0, 0.1) is 13.8 Å². The summed E-state index contributed by atoms with van der Waals surface area (Å²) in [7, 11) is 0. The molecule has 0 amide bonds. The largest absolute Gasteiger partial charge is 0.478 e. The van der Waals surface area contributed by atoms with E-state index in [1.54, 1.807) is 0 Å². The molecule has 0 saturated heterocycles. The quantitative estimate of drug-likeness (QED) is 0.802. The second-order valence-corrected chi connectivity index (χ2v) is 6.17. The molecule has 0 atom stereocenters. The van der Waals surface area contributed by atoms with Crippen molar-refractivity contribution in [2.45, 2.75) is 40.5 Å². The fourth-order valence-electron chi connectivity index (χ4n) is 3.00. The average molecular weight is 326 g/mol. The molecule has 0 bridgehead atoms. The molecule has 2 rings (SSSR count). The maximum absolute atomic E-state index is 12.1. The summed E-state index contributed by atoms with van der Waals surface area (Å²) >= 11 is 0. The Bertz CT molecular complexity index is 720. The molecule has 0 aliphatic heterocycles. The molecule has 0 unspecified atom stereocenters. The van der Waals surface area contributed by atoms with Gasteiger partial charge in [-0.1, -0.05) is 43.7 Å². The van der Waals surface area contributed by atoms with Crippen molar-refractivity contribution >= 4 is 11.8 Å². The SMILES string of the molecule is CCCN(CCC)c1nc(C)cc(-c2cccc(C)c2)c1C(=O)O. The molecular weight excluding hydrogens is 300 g/mol. The van der Waals surface area contributed by atoms with Gasteiger partial charge in [0.15, 0.2) is 0 Å². The topological polar surface area (TPSA) is 53.4 Å². The van der Waals surface area contributed by atoms with Gasteiger partial charge in [-0.3, -0.25) is 0 Å². The van der Waals surface area contributed by atoms with E-state index in [1.165, 1.54) is 0 Å². The van der Waals surface area contributed by atoms with Gasteiger partial charge in [0.25, 0.3) is 0 Å². The monoisotopic (exact) mass is 326 g/mol. The summed E-state index contributed by atoms with van der Waals surface area (Å²) in [5.74, 6) is -0.339. The van der Waals surface area contributed by atoms with Crippen LogP contribution in [0.15, 0.2) is 30.3 Å². The summed E-state index contributed by atoms with van der Waals surface area (Å²) in [6.07, 6.45) is 1.91. The van der Waals surface area contributed by atoms with Gasteiger partial charge in [0.05, 0.1) is 0 Å². The van der Waals surface area contributed by atoms with Gasteiger partial charge < -0.3 is 10.0 Å². The number of hydrogen-bond donors (Lipinski definition) is 1. The number of aromatic carboxylic acids is 1. The molecule has 0 aliphatic carbocycles. The summed E-state index contributed by atoms with van der Waals surface area (Å²) in [6.45, 7) is 9.74. The third-order valence-corrected chi connectivity index (χ3v) is 3.96. The summed E-state index contributed by atoms with van der Waals surface area (Å²) < 4.78 is 0. The van der Waals surface area contributed by atoms with E-state index in [1.807, 2.05) is 44.2 Å². The van der Waals surface area contributed by atoms with E-state index in [-0.39, 0.29) is 0 Å². The van der Waals surface area contributed by atoms with Gasteiger partial charge >= 0.3 is 5.97 Å². The molecule has 24 heavy (non-hydrogen) atoms. The van der Waals surface area contributed by atoms with Crippen LogP contribution in [0.3, 0.4) is 0 Å². The molecule has 1 heterocycles. The third-order valence-electron chi connectivity index (χ3n) is 3.96. The number of nitrogens with zero attached hydrogens (tertiary/aromatic N) is 2. The van der Waals surface area contributed by atoms with Crippen LogP contribution in [0.4, 0.5) is 5.82 Å². The van der Waals surface area contributed by atoms with Gasteiger partial charge in [-0.25, -0.2) is 9.78 Å². The first-order valence-electron chi connectivity index (χ1n) is 8.54. The van der Waals surface area contributed by atoms with E-state index >= 15 is 0 Å². The van der Waals surface area contributed by atoms with E-state index in [9.17, 15) is 9.90 Å². The van der Waals surface area contributed by atoms with Crippen LogP contribution in [-0.4, -0.2) is 29.1 Å². The van der Waals surface area contributed by atoms with Gasteiger partial charge in [-0.15, -0.1) is 0 Å². The summed E-state index contributed by atoms with van der Waals surface area (Å²) in [5.41, 5.74) is 3.91. The van der Waals surface area contributed by atoms with Gasteiger partial charge in [-0.2, -0.15) is 0 Å². The Morgan fingerprint density at radius 1 is 1.12 bits per heavy atom. The Labute approximate surface area is 144 Å². The average Bonchev–Trinajstić information content (AvgIpc) is 2.53. The molecule has 0 aliphatic rings. The van der Waals surface area contributed by atoms with Crippen molar-refractivity contribution in [2.24, 2.45) is 0 Å². The van der Waals surface area contributed by atoms with Crippen LogP contribution in [0.5, 0.6) is 0 Å². The van der Waals surface area contributed by atoms with Crippen molar-refractivity contribution < 1.29 is 9.90 Å². The highest BCUT2D eigenvalue weighted by atomic mass is 16.4. The van der Waals surface area contributed by atoms with E-state index in [4.69, 9.17) is 0 Å². The fourth-order valence-corrected chi connectivity index (χ4v) is 3.00. The van der Waals surface area contributed by atoms with Crippen LogP contribution in [-0.2, 0) is 0 Å². The van der Waals surface area contributed by atoms with Crippen molar-refractivity contribution in [3.8, 4) is 11.1 Å². The number of aryl methyl sites for hydroxylation is 2. The number of anilines is 1. The first kappa shape index (κ1) is 18.0. The third kappa shape index (κ3) is 3.94. The van der Waals surface area contributed by atoms with Crippen molar-refractivity contribution in [2.75, 3.05) is 18.0 Å².